The summed E-state index contributed by atoms with van der Waals surface area (Å²) in [5, 5.41) is 15.0. The molecule has 2 atom stereocenters. The first kappa shape index (κ1) is 40.5. The first-order valence-electron chi connectivity index (χ1n) is 19.1. The maximum absolute atomic E-state index is 13.6. The molecule has 1 unspecified atom stereocenters. The number of ether oxygens (including phenoxy) is 1. The Morgan fingerprint density at radius 1 is 1.02 bits per heavy atom. The van der Waals surface area contributed by atoms with Gasteiger partial charge in [-0.25, -0.2) is 30.0 Å². The number of likely N-dealkylation sites (tertiary alicyclic amines) is 1. The molecule has 0 saturated carbocycles. The summed E-state index contributed by atoms with van der Waals surface area (Å²) in [5.74, 6) is 8.38. The third-order valence-corrected chi connectivity index (χ3v) is 10.0. The van der Waals surface area contributed by atoms with E-state index < -0.39 is 12.2 Å². The number of benzene rings is 3. The lowest BCUT2D eigenvalue weighted by molar-refractivity contribution is 0.0944. The molecule has 3 heterocycles. The standard InChI is InChI=1S/C43H51FN10O3/c1-28-10-12-32(13-11-28)54(45)40(22-29(2)43(3,4)5)52-42(56)50-35-14-15-37(34-9-7-6-8-33(34)35)57-27-30-16-18-46-38(23-30)51-39-25-48-36(24-49-39)41(55)47-19-21-53-20-17-31(44)26-53/h6-16,18,22-25,29,31H,17,19-21,26-27,45H2,1-5H3,(H,47,55)(H,46,49,51)(H2,50,52,56)/b40-22-/t29?,31-/m1/s1. The number of hydrogen-bond acceptors (Lipinski definition) is 10. The fourth-order valence-corrected chi connectivity index (χ4v) is 6.13. The second-order valence-corrected chi connectivity index (χ2v) is 15.3. The minimum Gasteiger partial charge on any atom is -0.488 e. The van der Waals surface area contributed by atoms with Crippen molar-refractivity contribution >= 4 is 45.7 Å². The van der Waals surface area contributed by atoms with Gasteiger partial charge < -0.3 is 20.7 Å². The van der Waals surface area contributed by atoms with Crippen molar-refractivity contribution in [3.05, 3.63) is 120 Å². The van der Waals surface area contributed by atoms with Gasteiger partial charge in [0.15, 0.2) is 0 Å². The SMILES string of the molecule is Cc1ccc(N(N)/C(=C\C(C)C(C)(C)C)NC(=O)Nc2ccc(OCc3ccnc(Nc4cnc(C(=O)NCCN5CC[C@@H](F)C5)cn4)c3)c3ccccc23)cc1. The van der Waals surface area contributed by atoms with Crippen LogP contribution in [0.1, 0.15) is 55.7 Å². The number of halogens is 1. The summed E-state index contributed by atoms with van der Waals surface area (Å²) in [5.41, 5.74) is 3.43. The molecule has 6 rings (SSSR count). The molecule has 298 valence electrons. The molecule has 1 saturated heterocycles. The number of aromatic nitrogens is 3. The summed E-state index contributed by atoms with van der Waals surface area (Å²) in [4.78, 5) is 41.0. The van der Waals surface area contributed by atoms with Crippen molar-refractivity contribution in [3.8, 4) is 5.75 Å². The van der Waals surface area contributed by atoms with Crippen molar-refractivity contribution in [2.24, 2.45) is 17.2 Å². The number of carbonyl (C=O) groups excluding carboxylic acids is 2. The molecule has 0 spiro atoms. The highest BCUT2D eigenvalue weighted by molar-refractivity contribution is 6.04. The maximum atomic E-state index is 13.6. The number of fused-ring (bicyclic) bond motifs is 1. The molecule has 0 radical (unpaired) electrons. The highest BCUT2D eigenvalue weighted by atomic mass is 19.1. The minimum absolute atomic E-state index is 0.0577. The molecule has 1 aliphatic rings. The lowest BCUT2D eigenvalue weighted by Crippen LogP contribution is -2.42. The second kappa shape index (κ2) is 18.2. The zero-order valence-corrected chi connectivity index (χ0v) is 33.1. The Labute approximate surface area is 332 Å². The topological polar surface area (TPSA) is 163 Å². The van der Waals surface area contributed by atoms with Crippen molar-refractivity contribution in [3.63, 3.8) is 0 Å². The van der Waals surface area contributed by atoms with Crippen molar-refractivity contribution < 1.29 is 18.7 Å². The van der Waals surface area contributed by atoms with Crippen molar-refractivity contribution in [1.29, 1.82) is 0 Å². The Morgan fingerprint density at radius 2 is 1.79 bits per heavy atom. The summed E-state index contributed by atoms with van der Waals surface area (Å²) in [6.07, 6.45) is 6.24. The highest BCUT2D eigenvalue weighted by Gasteiger charge is 2.23. The van der Waals surface area contributed by atoms with Crippen LogP contribution >= 0.6 is 0 Å². The largest absolute Gasteiger partial charge is 0.488 e. The van der Waals surface area contributed by atoms with Gasteiger partial charge in [0.2, 0.25) is 0 Å². The number of anilines is 4. The summed E-state index contributed by atoms with van der Waals surface area (Å²) >= 11 is 0. The van der Waals surface area contributed by atoms with Crippen molar-refractivity contribution in [2.45, 2.75) is 53.8 Å². The van der Waals surface area contributed by atoms with E-state index in [-0.39, 0.29) is 29.5 Å². The second-order valence-electron chi connectivity index (χ2n) is 15.3. The summed E-state index contributed by atoms with van der Waals surface area (Å²) in [7, 11) is 0. The Morgan fingerprint density at radius 3 is 2.49 bits per heavy atom. The average Bonchev–Trinajstić information content (AvgIpc) is 3.61. The van der Waals surface area contributed by atoms with Crippen LogP contribution in [0.3, 0.4) is 0 Å². The van der Waals surface area contributed by atoms with E-state index in [1.54, 1.807) is 6.20 Å². The van der Waals surface area contributed by atoms with Crippen LogP contribution in [0.2, 0.25) is 0 Å². The lowest BCUT2D eigenvalue weighted by Gasteiger charge is -2.29. The van der Waals surface area contributed by atoms with E-state index in [1.807, 2.05) is 90.7 Å². The molecule has 6 N–H and O–H groups in total. The Kier molecular flexibility index (Phi) is 13.0. The van der Waals surface area contributed by atoms with Crippen LogP contribution < -0.4 is 36.9 Å². The number of carbonyl (C=O) groups is 2. The molecule has 3 aromatic carbocycles. The molecule has 1 aliphatic heterocycles. The lowest BCUT2D eigenvalue weighted by atomic mass is 9.82. The van der Waals surface area contributed by atoms with E-state index >= 15 is 0 Å². The quantitative estimate of drug-likeness (QED) is 0.0566. The molecule has 5 aromatic rings. The van der Waals surface area contributed by atoms with Crippen molar-refractivity contribution in [1.82, 2.24) is 30.5 Å². The Bertz CT molecular complexity index is 2190. The third-order valence-electron chi connectivity index (χ3n) is 10.0. The predicted octanol–water partition coefficient (Wildman–Crippen LogP) is 7.45. The van der Waals surface area contributed by atoms with Gasteiger partial charge in [-0.1, -0.05) is 69.7 Å². The van der Waals surface area contributed by atoms with Crippen LogP contribution in [-0.4, -0.2) is 64.1 Å². The van der Waals surface area contributed by atoms with Gasteiger partial charge in [0.25, 0.3) is 5.91 Å². The van der Waals surface area contributed by atoms with Crippen LogP contribution in [0, 0.1) is 18.3 Å². The van der Waals surface area contributed by atoms with Crippen molar-refractivity contribution in [2.75, 3.05) is 41.8 Å². The number of nitrogens with two attached hydrogens (primary N) is 1. The van der Waals surface area contributed by atoms with Gasteiger partial charge >= 0.3 is 6.03 Å². The van der Waals surface area contributed by atoms with Gasteiger partial charge in [-0.3, -0.25) is 20.0 Å². The number of aryl methyl sites for hydroxylation is 1. The number of pyridine rings is 1. The predicted molar refractivity (Wildman–Crippen MR) is 223 cm³/mol. The number of nitrogens with one attached hydrogen (secondary N) is 4. The zero-order valence-electron chi connectivity index (χ0n) is 33.1. The number of allylic oxidation sites excluding steroid dienone is 1. The average molecular weight is 775 g/mol. The molecule has 0 aliphatic carbocycles. The van der Waals surface area contributed by atoms with Crippen LogP contribution in [0.5, 0.6) is 5.75 Å². The van der Waals surface area contributed by atoms with E-state index in [0.29, 0.717) is 61.5 Å². The molecule has 57 heavy (non-hydrogen) atoms. The van der Waals surface area contributed by atoms with E-state index in [2.05, 4.69) is 63.9 Å². The summed E-state index contributed by atoms with van der Waals surface area (Å²) in [6, 6.07) is 22.4. The number of hydrazine groups is 1. The molecular formula is C43H51FN10O3. The third kappa shape index (κ3) is 11.0. The zero-order chi connectivity index (χ0) is 40.5. The normalized spacial score (nSPS) is 15.2. The van der Waals surface area contributed by atoms with Crippen LogP contribution in [0.25, 0.3) is 10.8 Å². The number of urea groups is 1. The van der Waals surface area contributed by atoms with Gasteiger partial charge in [0.05, 0.1) is 23.8 Å². The van der Waals surface area contributed by atoms with Gasteiger partial charge in [0, 0.05) is 43.1 Å². The monoisotopic (exact) mass is 774 g/mol. The number of hydrogen-bond donors (Lipinski definition) is 5. The molecule has 0 bridgehead atoms. The Balaban J connectivity index is 1.07. The fourth-order valence-electron chi connectivity index (χ4n) is 6.13. The smallest absolute Gasteiger partial charge is 0.324 e. The number of alkyl halides is 1. The number of amides is 3. The summed E-state index contributed by atoms with van der Waals surface area (Å²) < 4.78 is 19.7. The number of rotatable bonds is 14. The minimum atomic E-state index is -0.793. The molecule has 13 nitrogen and oxygen atoms in total. The molecule has 3 amide bonds. The molecule has 14 heteroatoms. The highest BCUT2D eigenvalue weighted by Crippen LogP contribution is 2.33. The van der Waals surface area contributed by atoms with Gasteiger partial charge in [-0.05, 0) is 72.7 Å². The Hall–Kier alpha value is -6.12. The van der Waals surface area contributed by atoms with Crippen LogP contribution in [-0.2, 0) is 6.61 Å². The van der Waals surface area contributed by atoms with E-state index in [1.165, 1.54) is 17.4 Å². The van der Waals surface area contributed by atoms with E-state index in [9.17, 15) is 14.0 Å². The molecular weight excluding hydrogens is 724 g/mol. The van der Waals surface area contributed by atoms with E-state index in [0.717, 1.165) is 27.6 Å². The fraction of sp³-hybridized carbons (Fsp3) is 0.326. The van der Waals surface area contributed by atoms with Crippen LogP contribution in [0.15, 0.2) is 103 Å². The van der Waals surface area contributed by atoms with Gasteiger partial charge in [-0.2, -0.15) is 0 Å². The maximum Gasteiger partial charge on any atom is 0.324 e. The van der Waals surface area contributed by atoms with Crippen LogP contribution in [0.4, 0.5) is 32.2 Å². The molecule has 2 aromatic heterocycles. The van der Waals surface area contributed by atoms with E-state index in [4.69, 9.17) is 10.6 Å². The molecule has 1 fully saturated rings. The first-order valence-corrected chi connectivity index (χ1v) is 19.1. The first-order chi connectivity index (χ1) is 27.3. The summed E-state index contributed by atoms with van der Waals surface area (Å²) in [6.45, 7) is 12.9. The number of nitrogens with zero attached hydrogens (tertiary/aromatic N) is 5. The van der Waals surface area contributed by atoms with Gasteiger partial charge in [0.1, 0.15) is 41.7 Å². The van der Waals surface area contributed by atoms with Gasteiger partial charge in [-0.15, -0.1) is 0 Å².